The van der Waals surface area contributed by atoms with Gasteiger partial charge in [0.05, 0.1) is 12.2 Å². The molecular weight excluding hydrogens is 200 g/mol. The number of carboxylic acid groups (broad SMARTS) is 1. The van der Waals surface area contributed by atoms with Gasteiger partial charge in [0.1, 0.15) is 0 Å². The van der Waals surface area contributed by atoms with Crippen LogP contribution in [0.2, 0.25) is 0 Å². The highest BCUT2D eigenvalue weighted by molar-refractivity contribution is 5.85. The Labute approximate surface area is 85.3 Å². The van der Waals surface area contributed by atoms with Crippen molar-refractivity contribution in [1.29, 1.82) is 0 Å². The largest absolute Gasteiger partial charge is 0.476 e. The van der Waals surface area contributed by atoms with Crippen molar-refractivity contribution in [1.82, 2.24) is 19.9 Å². The number of aromatic carboxylic acids is 1. The van der Waals surface area contributed by atoms with Gasteiger partial charge >= 0.3 is 5.97 Å². The Morgan fingerprint density at radius 1 is 1.53 bits per heavy atom. The Morgan fingerprint density at radius 2 is 2.20 bits per heavy atom. The fraction of sp³-hybridized carbons (Fsp3) is 0.500. The van der Waals surface area contributed by atoms with Gasteiger partial charge in [-0.1, -0.05) is 5.21 Å². The number of aromatic nitrogens is 3. The molecule has 7 nitrogen and oxygen atoms in total. The fourth-order valence-electron chi connectivity index (χ4n) is 1.53. The van der Waals surface area contributed by atoms with Gasteiger partial charge in [0.15, 0.2) is 5.69 Å². The minimum atomic E-state index is -1.05. The molecule has 2 rings (SSSR count). The van der Waals surface area contributed by atoms with Gasteiger partial charge in [-0.05, 0) is 0 Å². The zero-order valence-electron chi connectivity index (χ0n) is 8.12. The smallest absolute Gasteiger partial charge is 0.355 e. The molecule has 1 aliphatic heterocycles. The monoisotopic (exact) mass is 210 g/mol. The summed E-state index contributed by atoms with van der Waals surface area (Å²) in [5.41, 5.74) is 0.0585. The minimum Gasteiger partial charge on any atom is -0.476 e. The highest BCUT2D eigenvalue weighted by Gasteiger charge is 2.33. The number of amides is 1. The molecule has 0 radical (unpaired) electrons. The van der Waals surface area contributed by atoms with Crippen molar-refractivity contribution in [2.75, 3.05) is 13.1 Å². The maximum Gasteiger partial charge on any atom is 0.355 e. The van der Waals surface area contributed by atoms with Gasteiger partial charge in [-0.25, -0.2) is 9.48 Å². The van der Waals surface area contributed by atoms with Crippen LogP contribution in [-0.2, 0) is 4.79 Å². The molecule has 1 saturated heterocycles. The number of carboxylic acids is 1. The molecule has 1 N–H and O–H groups in total. The second kappa shape index (κ2) is 3.34. The average Bonchev–Trinajstić information content (AvgIpc) is 2.48. The Kier molecular flexibility index (Phi) is 2.14. The molecule has 1 aromatic heterocycles. The van der Waals surface area contributed by atoms with Crippen LogP contribution in [0.5, 0.6) is 0 Å². The first kappa shape index (κ1) is 9.63. The lowest BCUT2D eigenvalue weighted by Gasteiger charge is -2.38. The molecule has 1 fully saturated rings. The minimum absolute atomic E-state index is 0.0109. The second-order valence-electron chi connectivity index (χ2n) is 3.45. The maximum absolute atomic E-state index is 10.9. The highest BCUT2D eigenvalue weighted by Crippen LogP contribution is 2.21. The van der Waals surface area contributed by atoms with Crippen LogP contribution in [0, 0.1) is 0 Å². The van der Waals surface area contributed by atoms with Crippen LogP contribution in [0.25, 0.3) is 0 Å². The number of nitrogens with zero attached hydrogens (tertiary/aromatic N) is 4. The van der Waals surface area contributed by atoms with Gasteiger partial charge in [-0.15, -0.1) is 5.10 Å². The third-order valence-electron chi connectivity index (χ3n) is 2.45. The summed E-state index contributed by atoms with van der Waals surface area (Å²) in [6.07, 6.45) is 1.21. The number of carbonyl (C=O) groups is 2. The molecular formula is C8H10N4O3. The molecule has 15 heavy (non-hydrogen) atoms. The topological polar surface area (TPSA) is 88.3 Å². The molecule has 0 atom stereocenters. The number of hydrogen-bond acceptors (Lipinski definition) is 4. The summed E-state index contributed by atoms with van der Waals surface area (Å²) in [6, 6.07) is -0.0671. The van der Waals surface area contributed by atoms with E-state index >= 15 is 0 Å². The third-order valence-corrected chi connectivity index (χ3v) is 2.45. The van der Waals surface area contributed by atoms with E-state index in [4.69, 9.17) is 5.11 Å². The molecule has 80 valence electrons. The van der Waals surface area contributed by atoms with Crippen molar-refractivity contribution in [3.63, 3.8) is 0 Å². The Hall–Kier alpha value is -1.92. The molecule has 0 spiro atoms. The number of hydrogen-bond donors (Lipinski definition) is 1. The summed E-state index contributed by atoms with van der Waals surface area (Å²) in [5.74, 6) is -1.07. The molecule has 1 aromatic rings. The zero-order valence-corrected chi connectivity index (χ0v) is 8.12. The van der Waals surface area contributed by atoms with E-state index in [2.05, 4.69) is 10.3 Å². The molecule has 1 aliphatic rings. The van der Waals surface area contributed by atoms with E-state index in [1.54, 1.807) is 4.90 Å². The van der Waals surface area contributed by atoms with E-state index in [0.717, 1.165) is 0 Å². The summed E-state index contributed by atoms with van der Waals surface area (Å²) in [4.78, 5) is 23.3. The van der Waals surface area contributed by atoms with E-state index in [1.807, 2.05) is 0 Å². The first-order chi connectivity index (χ1) is 7.09. The van der Waals surface area contributed by atoms with Gasteiger partial charge in [0.2, 0.25) is 5.91 Å². The van der Waals surface area contributed by atoms with E-state index in [-0.39, 0.29) is 17.6 Å². The van der Waals surface area contributed by atoms with E-state index in [0.29, 0.717) is 13.1 Å². The van der Waals surface area contributed by atoms with Crippen molar-refractivity contribution < 1.29 is 14.7 Å². The van der Waals surface area contributed by atoms with Crippen molar-refractivity contribution in [3.05, 3.63) is 11.9 Å². The van der Waals surface area contributed by atoms with Gasteiger partial charge in [0, 0.05) is 20.0 Å². The first-order valence-electron chi connectivity index (χ1n) is 4.48. The van der Waals surface area contributed by atoms with Crippen LogP contribution in [-0.4, -0.2) is 50.0 Å². The molecule has 0 bridgehead atoms. The SMILES string of the molecule is CC(=O)N1CC(n2nncc2C(=O)O)C1. The Bertz CT molecular complexity index is 408. The van der Waals surface area contributed by atoms with Crippen molar-refractivity contribution in [2.45, 2.75) is 13.0 Å². The molecule has 0 aromatic carbocycles. The van der Waals surface area contributed by atoms with E-state index in [9.17, 15) is 9.59 Å². The number of carbonyl (C=O) groups excluding carboxylic acids is 1. The Morgan fingerprint density at radius 3 is 2.73 bits per heavy atom. The summed E-state index contributed by atoms with van der Waals surface area (Å²) < 4.78 is 1.35. The fourth-order valence-corrected chi connectivity index (χ4v) is 1.53. The predicted molar refractivity (Wildman–Crippen MR) is 48.3 cm³/mol. The standard InChI is InChI=1S/C8H10N4O3/c1-5(13)11-3-6(4-11)12-7(8(14)15)2-9-10-12/h2,6H,3-4H2,1H3,(H,14,15). The van der Waals surface area contributed by atoms with Crippen molar-refractivity contribution in [3.8, 4) is 0 Å². The molecule has 0 unspecified atom stereocenters. The lowest BCUT2D eigenvalue weighted by Crippen LogP contribution is -2.50. The first-order valence-corrected chi connectivity index (χ1v) is 4.48. The number of rotatable bonds is 2. The molecule has 1 amide bonds. The van der Waals surface area contributed by atoms with Crippen molar-refractivity contribution in [2.24, 2.45) is 0 Å². The van der Waals surface area contributed by atoms with Crippen LogP contribution in [0.15, 0.2) is 6.20 Å². The lowest BCUT2D eigenvalue weighted by molar-refractivity contribution is -0.134. The van der Waals surface area contributed by atoms with Crippen LogP contribution >= 0.6 is 0 Å². The van der Waals surface area contributed by atoms with E-state index in [1.165, 1.54) is 17.8 Å². The molecule has 2 heterocycles. The van der Waals surface area contributed by atoms with Crippen LogP contribution in [0.1, 0.15) is 23.5 Å². The average molecular weight is 210 g/mol. The summed E-state index contributed by atoms with van der Waals surface area (Å²) in [5, 5.41) is 16.1. The lowest BCUT2D eigenvalue weighted by atomic mass is 10.1. The quantitative estimate of drug-likeness (QED) is 0.702. The normalized spacial score (nSPS) is 16.2. The summed E-state index contributed by atoms with van der Waals surface area (Å²) in [7, 11) is 0. The predicted octanol–water partition coefficient (Wildman–Crippen LogP) is -0.621. The van der Waals surface area contributed by atoms with Gasteiger partial charge in [-0.2, -0.15) is 0 Å². The third kappa shape index (κ3) is 1.56. The molecule has 7 heteroatoms. The molecule has 0 aliphatic carbocycles. The number of likely N-dealkylation sites (tertiary alicyclic amines) is 1. The zero-order chi connectivity index (χ0) is 11.0. The Balaban J connectivity index is 2.10. The highest BCUT2D eigenvalue weighted by atomic mass is 16.4. The van der Waals surface area contributed by atoms with Gasteiger partial charge < -0.3 is 10.0 Å². The van der Waals surface area contributed by atoms with Crippen molar-refractivity contribution >= 4 is 11.9 Å². The van der Waals surface area contributed by atoms with Crippen LogP contribution in [0.4, 0.5) is 0 Å². The van der Waals surface area contributed by atoms with Gasteiger partial charge in [0.25, 0.3) is 0 Å². The maximum atomic E-state index is 10.9. The second-order valence-corrected chi connectivity index (χ2v) is 3.45. The summed E-state index contributed by atoms with van der Waals surface area (Å²) >= 11 is 0. The van der Waals surface area contributed by atoms with Crippen LogP contribution < -0.4 is 0 Å². The van der Waals surface area contributed by atoms with Gasteiger partial charge in [-0.3, -0.25) is 4.79 Å². The van der Waals surface area contributed by atoms with Crippen LogP contribution in [0.3, 0.4) is 0 Å². The molecule has 0 saturated carbocycles. The van der Waals surface area contributed by atoms with E-state index < -0.39 is 5.97 Å². The summed E-state index contributed by atoms with van der Waals surface area (Å²) in [6.45, 7) is 2.48.